The minimum Gasteiger partial charge on any atom is -0.354 e. The highest BCUT2D eigenvalue weighted by Gasteiger charge is 2.24. The number of fused-ring (bicyclic) bond motifs is 1. The van der Waals surface area contributed by atoms with Gasteiger partial charge in [-0.05, 0) is 45.1 Å². The van der Waals surface area contributed by atoms with Gasteiger partial charge in [-0.25, -0.2) is 4.99 Å². The number of nitrogens with zero attached hydrogens (tertiary/aromatic N) is 4. The fraction of sp³-hybridized carbons (Fsp3) is 0.750. The molecule has 0 radical (unpaired) electrons. The van der Waals surface area contributed by atoms with Crippen LogP contribution in [0.3, 0.4) is 0 Å². The van der Waals surface area contributed by atoms with Crippen LogP contribution in [-0.2, 0) is 17.6 Å². The number of aryl methyl sites for hydroxylation is 1. The maximum Gasteiger partial charge on any atom is 0.243 e. The van der Waals surface area contributed by atoms with E-state index in [2.05, 4.69) is 40.4 Å². The third-order valence-corrected chi connectivity index (χ3v) is 5.53. The molecule has 0 spiro atoms. The Balaban J connectivity index is 0.00000280. The molecule has 2 N–H and O–H groups in total. The monoisotopic (exact) mass is 502 g/mol. The van der Waals surface area contributed by atoms with Crippen LogP contribution in [0.2, 0.25) is 0 Å². The molecule has 1 heterocycles. The van der Waals surface area contributed by atoms with Crippen molar-refractivity contribution in [1.29, 1.82) is 0 Å². The fourth-order valence-electron chi connectivity index (χ4n) is 3.78. The number of guanidine groups is 1. The van der Waals surface area contributed by atoms with Gasteiger partial charge in [0, 0.05) is 44.8 Å². The Labute approximate surface area is 185 Å². The predicted molar refractivity (Wildman–Crippen MR) is 123 cm³/mol. The van der Waals surface area contributed by atoms with Crippen LogP contribution in [0.15, 0.2) is 11.2 Å². The molecule has 1 aromatic rings. The predicted octanol–water partition coefficient (Wildman–Crippen LogP) is 2.51. The topological polar surface area (TPSA) is 74.5 Å². The molecule has 0 aliphatic heterocycles. The van der Waals surface area contributed by atoms with Gasteiger partial charge < -0.3 is 15.5 Å². The second-order valence-corrected chi connectivity index (χ2v) is 8.34. The number of aliphatic imine (C=N–C) groups is 1. The van der Waals surface area contributed by atoms with E-state index in [4.69, 9.17) is 5.10 Å². The molecule has 1 aromatic heterocycles. The molecule has 0 aromatic carbocycles. The van der Waals surface area contributed by atoms with Crippen LogP contribution >= 0.6 is 24.0 Å². The maximum absolute atomic E-state index is 12.0. The number of hydrogen-bond donors (Lipinski definition) is 2. The van der Waals surface area contributed by atoms with Crippen LogP contribution in [-0.4, -0.2) is 59.3 Å². The molecule has 2 aliphatic rings. The Morgan fingerprint density at radius 1 is 1.25 bits per heavy atom. The average molecular weight is 502 g/mol. The first-order chi connectivity index (χ1) is 12.9. The standard InChI is InChI=1S/C20H34N6O.HI/c1-14(2)26-13-15-9-10-17(11-18(15)24-26)23-20(21-12-19(27)25(3)4)22-16-7-5-6-8-16;/h13-14,16-17H,5-12H2,1-4H3,(H2,21,22,23);1H. The van der Waals surface area contributed by atoms with Gasteiger partial charge >= 0.3 is 0 Å². The van der Waals surface area contributed by atoms with Gasteiger partial charge in [0.25, 0.3) is 0 Å². The molecule has 28 heavy (non-hydrogen) atoms. The van der Waals surface area contributed by atoms with E-state index < -0.39 is 0 Å². The van der Waals surface area contributed by atoms with E-state index in [1.807, 2.05) is 0 Å². The first-order valence-corrected chi connectivity index (χ1v) is 10.3. The van der Waals surface area contributed by atoms with Crippen LogP contribution < -0.4 is 10.6 Å². The van der Waals surface area contributed by atoms with Gasteiger partial charge in [-0.2, -0.15) is 5.10 Å². The molecule has 7 nitrogen and oxygen atoms in total. The lowest BCUT2D eigenvalue weighted by molar-refractivity contribution is -0.127. The van der Waals surface area contributed by atoms with E-state index in [1.165, 1.54) is 36.9 Å². The number of halogens is 1. The highest BCUT2D eigenvalue weighted by Crippen LogP contribution is 2.22. The van der Waals surface area contributed by atoms with Crippen molar-refractivity contribution in [3.8, 4) is 0 Å². The number of amides is 1. The third-order valence-electron chi connectivity index (χ3n) is 5.53. The summed E-state index contributed by atoms with van der Waals surface area (Å²) in [4.78, 5) is 18.1. The molecule has 2 aliphatic carbocycles. The largest absolute Gasteiger partial charge is 0.354 e. The number of nitrogens with one attached hydrogen (secondary N) is 2. The summed E-state index contributed by atoms with van der Waals surface area (Å²) in [6.07, 6.45) is 10.1. The van der Waals surface area contributed by atoms with Gasteiger partial charge in [-0.1, -0.05) is 12.8 Å². The number of carbonyl (C=O) groups excluding carboxylic acids is 1. The van der Waals surface area contributed by atoms with E-state index >= 15 is 0 Å². The number of aromatic nitrogens is 2. The van der Waals surface area contributed by atoms with Gasteiger partial charge in [-0.15, -0.1) is 24.0 Å². The zero-order chi connectivity index (χ0) is 19.4. The quantitative estimate of drug-likeness (QED) is 0.369. The first kappa shape index (κ1) is 23.0. The molecule has 0 bridgehead atoms. The zero-order valence-electron chi connectivity index (χ0n) is 17.6. The van der Waals surface area contributed by atoms with Crippen LogP contribution in [0.25, 0.3) is 0 Å². The van der Waals surface area contributed by atoms with Crippen LogP contribution in [0, 0.1) is 0 Å². The van der Waals surface area contributed by atoms with E-state index in [-0.39, 0.29) is 36.4 Å². The Morgan fingerprint density at radius 2 is 1.93 bits per heavy atom. The van der Waals surface area contributed by atoms with E-state index in [9.17, 15) is 4.79 Å². The van der Waals surface area contributed by atoms with Crippen LogP contribution in [0.5, 0.6) is 0 Å². The van der Waals surface area contributed by atoms with E-state index in [1.54, 1.807) is 19.0 Å². The molecule has 8 heteroatoms. The minimum absolute atomic E-state index is 0. The normalized spacial score (nSPS) is 19.9. The lowest BCUT2D eigenvalue weighted by Crippen LogP contribution is -2.48. The molecule has 3 rings (SSSR count). The van der Waals surface area contributed by atoms with Gasteiger partial charge in [-0.3, -0.25) is 9.48 Å². The van der Waals surface area contributed by atoms with Crippen molar-refractivity contribution in [3.63, 3.8) is 0 Å². The van der Waals surface area contributed by atoms with Gasteiger partial charge in [0.2, 0.25) is 5.91 Å². The Bertz CT molecular complexity index is 678. The summed E-state index contributed by atoms with van der Waals surface area (Å²) in [5, 5.41) is 11.9. The van der Waals surface area contributed by atoms with E-state index in [0.717, 1.165) is 25.2 Å². The molecule has 158 valence electrons. The first-order valence-electron chi connectivity index (χ1n) is 10.3. The molecule has 1 atom stereocenters. The second kappa shape index (κ2) is 10.5. The van der Waals surface area contributed by atoms with Crippen molar-refractivity contribution < 1.29 is 4.79 Å². The third kappa shape index (κ3) is 6.09. The van der Waals surface area contributed by atoms with Crippen molar-refractivity contribution in [2.45, 2.75) is 76.9 Å². The lowest BCUT2D eigenvalue weighted by Gasteiger charge is -2.26. The highest BCUT2D eigenvalue weighted by molar-refractivity contribution is 14.0. The maximum atomic E-state index is 12.0. The number of hydrogen-bond acceptors (Lipinski definition) is 3. The number of rotatable bonds is 5. The van der Waals surface area contributed by atoms with Crippen molar-refractivity contribution >= 4 is 35.8 Å². The molecule has 1 unspecified atom stereocenters. The molecular formula is C20H35IN6O. The number of likely N-dealkylation sites (N-methyl/N-ethyl adjacent to an activating group) is 1. The number of carbonyl (C=O) groups is 1. The van der Waals surface area contributed by atoms with E-state index in [0.29, 0.717) is 18.1 Å². The lowest BCUT2D eigenvalue weighted by atomic mass is 9.94. The van der Waals surface area contributed by atoms with Crippen molar-refractivity contribution in [1.82, 2.24) is 25.3 Å². The molecule has 1 saturated carbocycles. The summed E-state index contributed by atoms with van der Waals surface area (Å²) in [6, 6.07) is 1.15. The SMILES string of the molecule is CC(C)n1cc2c(n1)CC(NC(=NCC(=O)N(C)C)NC1CCCC1)CC2.I. The zero-order valence-corrected chi connectivity index (χ0v) is 19.9. The minimum atomic E-state index is 0. The highest BCUT2D eigenvalue weighted by atomic mass is 127. The summed E-state index contributed by atoms with van der Waals surface area (Å²) < 4.78 is 2.06. The summed E-state index contributed by atoms with van der Waals surface area (Å²) in [5.74, 6) is 0.790. The molecular weight excluding hydrogens is 467 g/mol. The van der Waals surface area contributed by atoms with Crippen LogP contribution in [0.4, 0.5) is 0 Å². The summed E-state index contributed by atoms with van der Waals surface area (Å²) in [7, 11) is 3.53. The van der Waals surface area contributed by atoms with Crippen molar-refractivity contribution in [3.05, 3.63) is 17.5 Å². The Morgan fingerprint density at radius 3 is 2.57 bits per heavy atom. The molecule has 1 fully saturated rings. The average Bonchev–Trinajstić information content (AvgIpc) is 3.28. The van der Waals surface area contributed by atoms with Gasteiger partial charge in [0.05, 0.1) is 5.69 Å². The van der Waals surface area contributed by atoms with Gasteiger partial charge in [0.15, 0.2) is 5.96 Å². The Hall–Kier alpha value is -1.32. The summed E-state index contributed by atoms with van der Waals surface area (Å²) >= 11 is 0. The molecule has 0 saturated heterocycles. The summed E-state index contributed by atoms with van der Waals surface area (Å²) in [6.45, 7) is 4.49. The van der Waals surface area contributed by atoms with Crippen LogP contribution in [0.1, 0.15) is 63.3 Å². The summed E-state index contributed by atoms with van der Waals surface area (Å²) in [5.41, 5.74) is 2.56. The molecule has 1 amide bonds. The fourth-order valence-corrected chi connectivity index (χ4v) is 3.78. The smallest absolute Gasteiger partial charge is 0.243 e. The Kier molecular flexibility index (Phi) is 8.57. The van der Waals surface area contributed by atoms with Crippen molar-refractivity contribution in [2.24, 2.45) is 4.99 Å². The van der Waals surface area contributed by atoms with Crippen molar-refractivity contribution in [2.75, 3.05) is 20.6 Å². The van der Waals surface area contributed by atoms with Gasteiger partial charge in [0.1, 0.15) is 6.54 Å². The second-order valence-electron chi connectivity index (χ2n) is 8.34.